The van der Waals surface area contributed by atoms with Crippen LogP contribution in [0.5, 0.6) is 0 Å². The van der Waals surface area contributed by atoms with Crippen LogP contribution in [0.1, 0.15) is 26.0 Å². The van der Waals surface area contributed by atoms with Crippen LogP contribution in [0.2, 0.25) is 0 Å². The van der Waals surface area contributed by atoms with E-state index in [2.05, 4.69) is 15.1 Å². The van der Waals surface area contributed by atoms with Crippen molar-refractivity contribution in [1.29, 1.82) is 0 Å². The molecule has 0 aliphatic carbocycles. The van der Waals surface area contributed by atoms with Gasteiger partial charge in [-0.05, 0) is 12.8 Å². The Hall–Kier alpha value is -1.61. The number of sulfonamides is 1. The third-order valence-electron chi connectivity index (χ3n) is 3.74. The van der Waals surface area contributed by atoms with E-state index in [0.717, 1.165) is 12.1 Å². The van der Waals surface area contributed by atoms with Crippen molar-refractivity contribution in [3.05, 3.63) is 11.8 Å². The van der Waals surface area contributed by atoms with Crippen LogP contribution in [-0.4, -0.2) is 54.0 Å². The van der Waals surface area contributed by atoms with Crippen molar-refractivity contribution >= 4 is 21.9 Å². The lowest BCUT2D eigenvalue weighted by Gasteiger charge is -2.17. The van der Waals surface area contributed by atoms with E-state index in [0.29, 0.717) is 25.3 Å². The molecule has 2 heterocycles. The van der Waals surface area contributed by atoms with Gasteiger partial charge in [0.15, 0.2) is 0 Å². The number of nitrogens with zero attached hydrogens (tertiary/aromatic N) is 3. The van der Waals surface area contributed by atoms with E-state index >= 15 is 0 Å². The van der Waals surface area contributed by atoms with Gasteiger partial charge in [-0.1, -0.05) is 13.8 Å². The number of anilines is 1. The van der Waals surface area contributed by atoms with Gasteiger partial charge in [-0.2, -0.15) is 5.10 Å². The number of amides is 2. The number of aryl methyl sites for hydroxylation is 2. The molecule has 2 rings (SSSR count). The van der Waals surface area contributed by atoms with Crippen LogP contribution in [0.3, 0.4) is 0 Å². The lowest BCUT2D eigenvalue weighted by atomic mass is 10.3. The summed E-state index contributed by atoms with van der Waals surface area (Å²) >= 11 is 0. The van der Waals surface area contributed by atoms with Gasteiger partial charge in [0.2, 0.25) is 10.0 Å². The van der Waals surface area contributed by atoms with Crippen LogP contribution >= 0.6 is 0 Å². The van der Waals surface area contributed by atoms with Crippen molar-refractivity contribution in [2.45, 2.75) is 31.9 Å². The van der Waals surface area contributed by atoms with Crippen LogP contribution < -0.4 is 10.0 Å². The standard InChI is InChI=1S/C13H23N5O3S/c1-4-10-8-12(17(3)16-10)15-13(19)18-7-6-11(9-18)22(20,21)14-5-2/h8,11,14H,4-7,9H2,1-3H3,(H,15,19). The number of carbonyl (C=O) groups is 1. The lowest BCUT2D eigenvalue weighted by molar-refractivity contribution is 0.222. The van der Waals surface area contributed by atoms with Crippen molar-refractivity contribution in [2.24, 2.45) is 7.05 Å². The summed E-state index contributed by atoms with van der Waals surface area (Å²) in [6.45, 7) is 4.73. The molecule has 9 heteroatoms. The quantitative estimate of drug-likeness (QED) is 0.823. The Balaban J connectivity index is 1.98. The van der Waals surface area contributed by atoms with Crippen molar-refractivity contribution in [3.8, 4) is 0 Å². The summed E-state index contributed by atoms with van der Waals surface area (Å²) in [5.74, 6) is 0.611. The molecule has 2 N–H and O–H groups in total. The average molecular weight is 329 g/mol. The molecule has 124 valence electrons. The van der Waals surface area contributed by atoms with Crippen LogP contribution in [0.4, 0.5) is 10.6 Å². The third-order valence-corrected chi connectivity index (χ3v) is 5.70. The number of hydrogen-bond donors (Lipinski definition) is 2. The summed E-state index contributed by atoms with van der Waals surface area (Å²) < 4.78 is 28.0. The number of aromatic nitrogens is 2. The third kappa shape index (κ3) is 3.58. The van der Waals surface area contributed by atoms with Gasteiger partial charge >= 0.3 is 6.03 Å². The van der Waals surface area contributed by atoms with E-state index in [1.807, 2.05) is 13.0 Å². The predicted octanol–water partition coefficient (Wildman–Crippen LogP) is 0.528. The molecule has 1 aliphatic heterocycles. The van der Waals surface area contributed by atoms with E-state index < -0.39 is 15.3 Å². The SMILES string of the molecule is CCNS(=O)(=O)C1CCN(C(=O)Nc2cc(CC)nn2C)C1. The molecular weight excluding hydrogens is 306 g/mol. The van der Waals surface area contributed by atoms with Crippen molar-refractivity contribution in [3.63, 3.8) is 0 Å². The molecule has 1 unspecified atom stereocenters. The number of rotatable bonds is 5. The summed E-state index contributed by atoms with van der Waals surface area (Å²) in [7, 11) is -1.59. The summed E-state index contributed by atoms with van der Waals surface area (Å²) in [6.07, 6.45) is 1.24. The Labute approximate surface area is 130 Å². The van der Waals surface area contributed by atoms with Crippen molar-refractivity contribution in [1.82, 2.24) is 19.4 Å². The Morgan fingerprint density at radius 2 is 2.18 bits per heavy atom. The van der Waals surface area contributed by atoms with Gasteiger partial charge in [0.25, 0.3) is 0 Å². The lowest BCUT2D eigenvalue weighted by Crippen LogP contribution is -2.39. The van der Waals surface area contributed by atoms with Crippen LogP contribution in [0.15, 0.2) is 6.07 Å². The minimum atomic E-state index is -3.35. The molecule has 0 bridgehead atoms. The zero-order chi connectivity index (χ0) is 16.3. The summed E-state index contributed by atoms with van der Waals surface area (Å²) in [6, 6.07) is 1.53. The zero-order valence-electron chi connectivity index (χ0n) is 13.2. The highest BCUT2D eigenvalue weighted by molar-refractivity contribution is 7.90. The van der Waals surface area contributed by atoms with Crippen LogP contribution in [0.25, 0.3) is 0 Å². The molecule has 0 spiro atoms. The number of hydrogen-bond acceptors (Lipinski definition) is 4. The van der Waals surface area contributed by atoms with Crippen molar-refractivity contribution < 1.29 is 13.2 Å². The maximum Gasteiger partial charge on any atom is 0.323 e. The molecule has 1 fully saturated rings. The van der Waals surface area contributed by atoms with E-state index in [9.17, 15) is 13.2 Å². The fourth-order valence-corrected chi connectivity index (χ4v) is 3.92. The summed E-state index contributed by atoms with van der Waals surface area (Å²) in [5.41, 5.74) is 0.895. The second-order valence-electron chi connectivity index (χ2n) is 5.33. The molecule has 8 nitrogen and oxygen atoms in total. The van der Waals surface area contributed by atoms with Gasteiger partial charge in [0, 0.05) is 32.7 Å². The van der Waals surface area contributed by atoms with Gasteiger partial charge in [-0.3, -0.25) is 10.00 Å². The fraction of sp³-hybridized carbons (Fsp3) is 0.692. The number of likely N-dealkylation sites (tertiary alicyclic amines) is 1. The van der Waals surface area contributed by atoms with E-state index in [-0.39, 0.29) is 12.6 Å². The molecule has 1 aromatic rings. The average Bonchev–Trinajstić information content (AvgIpc) is 3.07. The number of carbonyl (C=O) groups excluding carboxylic acids is 1. The molecule has 1 atom stereocenters. The predicted molar refractivity (Wildman–Crippen MR) is 84.2 cm³/mol. The molecule has 0 aromatic carbocycles. The fourth-order valence-electron chi connectivity index (χ4n) is 2.49. The van der Waals surface area contributed by atoms with Crippen LogP contribution in [-0.2, 0) is 23.5 Å². The van der Waals surface area contributed by atoms with Gasteiger partial charge < -0.3 is 4.90 Å². The zero-order valence-corrected chi connectivity index (χ0v) is 14.0. The summed E-state index contributed by atoms with van der Waals surface area (Å²) in [5, 5.41) is 6.50. The second-order valence-corrected chi connectivity index (χ2v) is 7.37. The number of urea groups is 1. The topological polar surface area (TPSA) is 96.3 Å². The normalized spacial score (nSPS) is 18.7. The van der Waals surface area contributed by atoms with E-state index in [1.165, 1.54) is 4.90 Å². The monoisotopic (exact) mass is 329 g/mol. The first-order chi connectivity index (χ1) is 10.4. The minimum absolute atomic E-state index is 0.208. The molecule has 1 aromatic heterocycles. The first-order valence-corrected chi connectivity index (χ1v) is 8.99. The first kappa shape index (κ1) is 16.8. The molecule has 1 saturated heterocycles. The van der Waals surface area contributed by atoms with E-state index in [4.69, 9.17) is 0 Å². The molecule has 2 amide bonds. The highest BCUT2D eigenvalue weighted by Gasteiger charge is 2.34. The number of nitrogens with one attached hydrogen (secondary N) is 2. The van der Waals surface area contributed by atoms with Gasteiger partial charge in [-0.15, -0.1) is 0 Å². The second kappa shape index (κ2) is 6.66. The van der Waals surface area contributed by atoms with Gasteiger partial charge in [0.05, 0.1) is 10.9 Å². The van der Waals surface area contributed by atoms with Gasteiger partial charge in [-0.25, -0.2) is 17.9 Å². The minimum Gasteiger partial charge on any atom is -0.323 e. The Morgan fingerprint density at radius 1 is 1.45 bits per heavy atom. The van der Waals surface area contributed by atoms with Gasteiger partial charge in [0.1, 0.15) is 5.82 Å². The first-order valence-electron chi connectivity index (χ1n) is 7.44. The largest absolute Gasteiger partial charge is 0.323 e. The Kier molecular flexibility index (Phi) is 5.07. The van der Waals surface area contributed by atoms with Crippen molar-refractivity contribution in [2.75, 3.05) is 25.0 Å². The van der Waals surface area contributed by atoms with Crippen LogP contribution in [0, 0.1) is 0 Å². The maximum absolute atomic E-state index is 12.3. The Bertz CT molecular complexity index is 640. The molecule has 22 heavy (non-hydrogen) atoms. The molecule has 0 saturated carbocycles. The molecular formula is C13H23N5O3S. The Morgan fingerprint density at radius 3 is 2.77 bits per heavy atom. The highest BCUT2D eigenvalue weighted by Crippen LogP contribution is 2.18. The summed E-state index contributed by atoms with van der Waals surface area (Å²) in [4.78, 5) is 13.8. The molecule has 0 radical (unpaired) electrons. The molecule has 1 aliphatic rings. The smallest absolute Gasteiger partial charge is 0.323 e. The van der Waals surface area contributed by atoms with E-state index in [1.54, 1.807) is 18.7 Å². The highest BCUT2D eigenvalue weighted by atomic mass is 32.2. The maximum atomic E-state index is 12.3.